The fraction of sp³-hybridized carbons (Fsp3) is 0.364. The molecule has 6 nitrogen and oxygen atoms in total. The van der Waals surface area contributed by atoms with E-state index < -0.39 is 20.6 Å². The summed E-state index contributed by atoms with van der Waals surface area (Å²) < 4.78 is 36.4. The molecule has 0 saturated heterocycles. The zero-order chi connectivity index (χ0) is 21.4. The van der Waals surface area contributed by atoms with E-state index in [9.17, 15) is 13.2 Å². The number of carbonyl (C=O) groups excluding carboxylic acids is 1. The third-order valence-corrected chi connectivity index (χ3v) is 9.06. The van der Waals surface area contributed by atoms with Gasteiger partial charge in [0, 0.05) is 0 Å². The number of thiophene rings is 1. The molecule has 0 amide bonds. The summed E-state index contributed by atoms with van der Waals surface area (Å²) in [5.41, 5.74) is 2.33. The third kappa shape index (κ3) is 3.58. The Labute approximate surface area is 179 Å². The summed E-state index contributed by atoms with van der Waals surface area (Å²) >= 11 is 1.49. The van der Waals surface area contributed by atoms with E-state index in [2.05, 4.69) is 4.98 Å². The van der Waals surface area contributed by atoms with Crippen LogP contribution in [-0.4, -0.2) is 24.1 Å². The van der Waals surface area contributed by atoms with Crippen LogP contribution < -0.4 is 0 Å². The molecular weight excluding hydrogens is 422 g/mol. The highest BCUT2D eigenvalue weighted by molar-refractivity contribution is 7.93. The maximum Gasteiger partial charge on any atom is 0.328 e. The lowest BCUT2D eigenvalue weighted by Crippen LogP contribution is -2.45. The first-order valence-corrected chi connectivity index (χ1v) is 12.2. The Kier molecular flexibility index (Phi) is 5.55. The van der Waals surface area contributed by atoms with Crippen molar-refractivity contribution in [2.75, 3.05) is 0 Å². The number of esters is 1. The van der Waals surface area contributed by atoms with E-state index in [4.69, 9.17) is 9.15 Å². The fourth-order valence-corrected chi connectivity index (χ4v) is 6.58. The van der Waals surface area contributed by atoms with Crippen molar-refractivity contribution in [2.24, 2.45) is 0 Å². The average Bonchev–Trinajstić information content (AvgIpc) is 3.48. The summed E-state index contributed by atoms with van der Waals surface area (Å²) in [6, 6.07) is 8.78. The SMILES string of the molecule is Cc1ccc(S(=O)(=O)C2(C(=O)OCc3coc(-c4cccs4)n3)CCCC2)cc1C. The number of hydrogen-bond acceptors (Lipinski definition) is 7. The van der Waals surface area contributed by atoms with Crippen molar-refractivity contribution < 1.29 is 22.4 Å². The fourth-order valence-electron chi connectivity index (χ4n) is 3.79. The first-order valence-electron chi connectivity index (χ1n) is 9.81. The molecule has 2 aromatic heterocycles. The highest BCUT2D eigenvalue weighted by Crippen LogP contribution is 2.42. The Morgan fingerprint density at radius 3 is 2.63 bits per heavy atom. The van der Waals surface area contributed by atoms with Crippen molar-refractivity contribution in [3.8, 4) is 10.8 Å². The first-order chi connectivity index (χ1) is 14.3. The van der Waals surface area contributed by atoms with Crippen LogP contribution >= 0.6 is 11.3 Å². The smallest absolute Gasteiger partial charge is 0.328 e. The Bertz CT molecular complexity index is 1160. The molecule has 2 heterocycles. The lowest BCUT2D eigenvalue weighted by atomic mass is 10.1. The number of rotatable bonds is 6. The Hall–Kier alpha value is -2.45. The van der Waals surface area contributed by atoms with Gasteiger partial charge >= 0.3 is 5.97 Å². The third-order valence-electron chi connectivity index (χ3n) is 5.72. The van der Waals surface area contributed by atoms with Crippen molar-refractivity contribution in [3.05, 3.63) is 58.8 Å². The lowest BCUT2D eigenvalue weighted by molar-refractivity contribution is -0.148. The Morgan fingerprint density at radius 1 is 1.20 bits per heavy atom. The molecule has 158 valence electrons. The van der Waals surface area contributed by atoms with Gasteiger partial charge in [-0.2, -0.15) is 0 Å². The topological polar surface area (TPSA) is 86.5 Å². The van der Waals surface area contributed by atoms with Gasteiger partial charge in [0.05, 0.1) is 9.77 Å². The van der Waals surface area contributed by atoms with E-state index in [1.807, 2.05) is 31.4 Å². The quantitative estimate of drug-likeness (QED) is 0.504. The molecule has 0 N–H and O–H groups in total. The van der Waals surface area contributed by atoms with E-state index in [0.29, 0.717) is 24.4 Å². The zero-order valence-corrected chi connectivity index (χ0v) is 18.5. The minimum atomic E-state index is -3.89. The molecule has 0 unspecified atom stereocenters. The number of sulfone groups is 1. The molecule has 3 aromatic rings. The second kappa shape index (κ2) is 8.00. The second-order valence-electron chi connectivity index (χ2n) is 7.65. The van der Waals surface area contributed by atoms with Gasteiger partial charge in [-0.15, -0.1) is 11.3 Å². The molecule has 1 saturated carbocycles. The van der Waals surface area contributed by atoms with Gasteiger partial charge < -0.3 is 9.15 Å². The summed E-state index contributed by atoms with van der Waals surface area (Å²) in [5, 5.41) is 1.92. The Morgan fingerprint density at radius 2 is 1.97 bits per heavy atom. The summed E-state index contributed by atoms with van der Waals surface area (Å²) in [7, 11) is -3.89. The van der Waals surface area contributed by atoms with Gasteiger partial charge in [-0.1, -0.05) is 25.0 Å². The van der Waals surface area contributed by atoms with E-state index in [-0.39, 0.29) is 24.3 Å². The number of nitrogens with zero attached hydrogens (tertiary/aromatic N) is 1. The van der Waals surface area contributed by atoms with Crippen LogP contribution in [0.3, 0.4) is 0 Å². The predicted molar refractivity (Wildman–Crippen MR) is 114 cm³/mol. The number of benzene rings is 1. The monoisotopic (exact) mass is 445 g/mol. The van der Waals surface area contributed by atoms with Crippen LogP contribution in [0.5, 0.6) is 0 Å². The van der Waals surface area contributed by atoms with Gasteiger partial charge in [-0.05, 0) is 61.4 Å². The molecule has 1 aromatic carbocycles. The molecule has 0 atom stereocenters. The van der Waals surface area contributed by atoms with Crippen LogP contribution in [0.25, 0.3) is 10.8 Å². The highest BCUT2D eigenvalue weighted by Gasteiger charge is 2.54. The van der Waals surface area contributed by atoms with Gasteiger partial charge in [0.15, 0.2) is 14.6 Å². The molecule has 0 aliphatic heterocycles. The molecule has 1 aliphatic rings. The number of aromatic nitrogens is 1. The lowest BCUT2D eigenvalue weighted by Gasteiger charge is -2.26. The molecule has 30 heavy (non-hydrogen) atoms. The molecule has 4 rings (SSSR count). The standard InChI is InChI=1S/C22H23NO5S2/c1-15-7-8-18(12-16(15)2)30(25,26)22(9-3-4-10-22)21(24)28-14-17-13-27-20(23-17)19-6-5-11-29-19/h5-8,11-13H,3-4,9-10,14H2,1-2H3. The summed E-state index contributed by atoms with van der Waals surface area (Å²) in [4.78, 5) is 18.5. The minimum absolute atomic E-state index is 0.127. The maximum absolute atomic E-state index is 13.5. The average molecular weight is 446 g/mol. The molecule has 0 radical (unpaired) electrons. The summed E-state index contributed by atoms with van der Waals surface area (Å²) in [6.45, 7) is 3.66. The van der Waals surface area contributed by atoms with Crippen LogP contribution in [0.4, 0.5) is 0 Å². The van der Waals surface area contributed by atoms with Gasteiger partial charge in [0.1, 0.15) is 18.6 Å². The summed E-state index contributed by atoms with van der Waals surface area (Å²) in [5.74, 6) is -0.256. The van der Waals surface area contributed by atoms with Crippen LogP contribution in [0, 0.1) is 13.8 Å². The Balaban J connectivity index is 1.56. The number of hydrogen-bond donors (Lipinski definition) is 0. The van der Waals surface area contributed by atoms with Crippen molar-refractivity contribution in [1.82, 2.24) is 4.98 Å². The molecular formula is C22H23NO5S2. The van der Waals surface area contributed by atoms with Crippen molar-refractivity contribution >= 4 is 27.1 Å². The number of ether oxygens (including phenoxy) is 1. The van der Waals surface area contributed by atoms with E-state index in [1.165, 1.54) is 17.6 Å². The molecule has 1 fully saturated rings. The molecule has 1 aliphatic carbocycles. The van der Waals surface area contributed by atoms with Crippen molar-refractivity contribution in [2.45, 2.75) is 55.8 Å². The number of carbonyl (C=O) groups is 1. The van der Waals surface area contributed by atoms with E-state index in [0.717, 1.165) is 16.0 Å². The van der Waals surface area contributed by atoms with Crippen LogP contribution in [0.15, 0.2) is 51.3 Å². The maximum atomic E-state index is 13.5. The first kappa shape index (κ1) is 20.8. The normalized spacial score (nSPS) is 15.9. The van der Waals surface area contributed by atoms with Gasteiger partial charge in [0.25, 0.3) is 0 Å². The van der Waals surface area contributed by atoms with Gasteiger partial charge in [0.2, 0.25) is 5.89 Å². The van der Waals surface area contributed by atoms with Crippen LogP contribution in [-0.2, 0) is 26.0 Å². The van der Waals surface area contributed by atoms with Crippen LogP contribution in [0.1, 0.15) is 42.5 Å². The molecule has 8 heteroatoms. The summed E-state index contributed by atoms with van der Waals surface area (Å²) in [6.07, 6.45) is 3.31. The van der Waals surface area contributed by atoms with Crippen molar-refractivity contribution in [3.63, 3.8) is 0 Å². The van der Waals surface area contributed by atoms with Crippen LogP contribution in [0.2, 0.25) is 0 Å². The molecule has 0 bridgehead atoms. The van der Waals surface area contributed by atoms with Gasteiger partial charge in [-0.3, -0.25) is 4.79 Å². The van der Waals surface area contributed by atoms with Gasteiger partial charge in [-0.25, -0.2) is 13.4 Å². The van der Waals surface area contributed by atoms with E-state index >= 15 is 0 Å². The zero-order valence-electron chi connectivity index (χ0n) is 16.9. The minimum Gasteiger partial charge on any atom is -0.458 e. The largest absolute Gasteiger partial charge is 0.458 e. The number of oxazole rings is 1. The number of aryl methyl sites for hydroxylation is 2. The van der Waals surface area contributed by atoms with E-state index in [1.54, 1.807) is 18.2 Å². The van der Waals surface area contributed by atoms with Crippen molar-refractivity contribution in [1.29, 1.82) is 0 Å². The highest BCUT2D eigenvalue weighted by atomic mass is 32.2. The molecule has 0 spiro atoms. The predicted octanol–water partition coefficient (Wildman–Crippen LogP) is 4.85. The second-order valence-corrected chi connectivity index (χ2v) is 10.9.